The highest BCUT2D eigenvalue weighted by Crippen LogP contribution is 2.51. The van der Waals surface area contributed by atoms with Crippen molar-refractivity contribution in [3.8, 4) is 100 Å². The van der Waals surface area contributed by atoms with Crippen LogP contribution in [-0.2, 0) is 0 Å². The molecule has 0 fully saturated rings. The van der Waals surface area contributed by atoms with Crippen LogP contribution in [0.15, 0.2) is 384 Å². The molecule has 0 bridgehead atoms. The normalized spacial score (nSPS) is 14.5. The van der Waals surface area contributed by atoms with Crippen molar-refractivity contribution >= 4 is 97.7 Å². The zero-order valence-corrected chi connectivity index (χ0v) is 53.0. The van der Waals surface area contributed by atoms with E-state index in [1.807, 2.05) is 194 Å². The molecule has 20 aromatic rings. The second-order valence-corrected chi connectivity index (χ2v) is 24.4. The third-order valence-electron chi connectivity index (χ3n) is 18.9. The molecule has 2 heterocycles. The molecule has 0 N–H and O–H groups in total. The Kier molecular flexibility index (Phi) is 9.90. The fraction of sp³-hybridized carbons (Fsp3) is 0. The third-order valence-corrected chi connectivity index (χ3v) is 18.9. The maximum atomic E-state index is 9.59. The van der Waals surface area contributed by atoms with Gasteiger partial charge in [0.1, 0.15) is 22.3 Å². The molecule has 0 aliphatic heterocycles. The van der Waals surface area contributed by atoms with E-state index in [0.717, 1.165) is 88.0 Å². The highest BCUT2D eigenvalue weighted by atomic mass is 16.3. The summed E-state index contributed by atoms with van der Waals surface area (Å²) in [7, 11) is 0. The lowest BCUT2D eigenvalue weighted by Gasteiger charge is -2.20. The summed E-state index contributed by atoms with van der Waals surface area (Å²) >= 11 is 0. The molecule has 0 unspecified atom stereocenters. The minimum atomic E-state index is -0.715. The molecule has 2 aromatic heterocycles. The van der Waals surface area contributed by atoms with Crippen molar-refractivity contribution in [2.24, 2.45) is 0 Å². The zero-order valence-electron chi connectivity index (χ0n) is 74.0. The number of hydrogen-bond donors (Lipinski definition) is 0. The molecule has 0 radical (unpaired) electrons. The van der Waals surface area contributed by atoms with Crippen molar-refractivity contribution in [1.29, 1.82) is 0 Å². The average molecular weight is 1290 g/mol. The first-order valence-corrected chi connectivity index (χ1v) is 32.6. The predicted octanol–water partition coefficient (Wildman–Crippen LogP) is 27.9. The summed E-state index contributed by atoms with van der Waals surface area (Å²) in [6, 6.07) is 68.9. The van der Waals surface area contributed by atoms with E-state index in [2.05, 4.69) is 36.4 Å². The fourth-order valence-corrected chi connectivity index (χ4v) is 14.6. The summed E-state index contributed by atoms with van der Waals surface area (Å²) in [5.41, 5.74) is 13.3. The second-order valence-electron chi connectivity index (χ2n) is 24.4. The molecular formula is C98H62O2. The summed E-state index contributed by atoms with van der Waals surface area (Å²) in [5, 5.41) is 5.06. The van der Waals surface area contributed by atoms with Crippen molar-refractivity contribution in [3.05, 3.63) is 376 Å². The minimum Gasteiger partial charge on any atom is -0.456 e. The van der Waals surface area contributed by atoms with E-state index >= 15 is 0 Å². The van der Waals surface area contributed by atoms with Gasteiger partial charge < -0.3 is 8.83 Å². The average Bonchev–Trinajstić information content (AvgIpc) is 1.36. The molecular weight excluding hydrogens is 1210 g/mol. The quantitative estimate of drug-likeness (QED) is 0.135. The Balaban J connectivity index is 0.000000160. The van der Waals surface area contributed by atoms with Gasteiger partial charge in [-0.1, -0.05) is 327 Å². The van der Waals surface area contributed by atoms with Crippen molar-refractivity contribution in [2.45, 2.75) is 0 Å². The molecule has 0 saturated heterocycles. The van der Waals surface area contributed by atoms with E-state index in [1.54, 1.807) is 18.2 Å². The summed E-state index contributed by atoms with van der Waals surface area (Å²) in [4.78, 5) is 0. The largest absolute Gasteiger partial charge is 0.456 e. The molecule has 0 amide bonds. The van der Waals surface area contributed by atoms with E-state index < -0.39 is 108 Å². The van der Waals surface area contributed by atoms with Gasteiger partial charge in [-0.25, -0.2) is 0 Å². The van der Waals surface area contributed by atoms with Gasteiger partial charge in [0.05, 0.1) is 28.8 Å². The number of fused-ring (bicyclic) bond motifs is 11. The van der Waals surface area contributed by atoms with E-state index in [-0.39, 0.29) is 78.4 Å². The van der Waals surface area contributed by atoms with Gasteiger partial charge in [0, 0.05) is 27.1 Å². The van der Waals surface area contributed by atoms with Crippen molar-refractivity contribution in [1.82, 2.24) is 0 Å². The van der Waals surface area contributed by atoms with E-state index in [4.69, 9.17) is 26.7 Å². The van der Waals surface area contributed by atoms with Crippen LogP contribution in [0.1, 0.15) is 28.8 Å². The Morgan fingerprint density at radius 2 is 0.590 bits per heavy atom. The van der Waals surface area contributed by atoms with E-state index in [9.17, 15) is 11.0 Å². The Labute approximate surface area is 608 Å². The van der Waals surface area contributed by atoms with Gasteiger partial charge in [0.25, 0.3) is 0 Å². The van der Waals surface area contributed by atoms with Crippen molar-refractivity contribution in [3.63, 3.8) is 0 Å². The summed E-state index contributed by atoms with van der Waals surface area (Å²) in [5.74, 6) is 0. The fourth-order valence-electron chi connectivity index (χ4n) is 14.6. The van der Waals surface area contributed by atoms with Gasteiger partial charge in [0.15, 0.2) is 0 Å². The monoisotopic (exact) mass is 1290 g/mol. The van der Waals surface area contributed by atoms with Gasteiger partial charge in [0.2, 0.25) is 0 Å². The second kappa shape index (κ2) is 24.5. The van der Waals surface area contributed by atoms with Gasteiger partial charge in [-0.3, -0.25) is 0 Å². The highest BCUT2D eigenvalue weighted by molar-refractivity contribution is 6.25. The number of furan rings is 2. The predicted molar refractivity (Wildman–Crippen MR) is 424 cm³/mol. The molecule has 2 heteroatoms. The van der Waals surface area contributed by atoms with Gasteiger partial charge >= 0.3 is 0 Å². The van der Waals surface area contributed by atoms with Crippen LogP contribution in [0, 0.1) is 0 Å². The Morgan fingerprint density at radius 3 is 1.23 bits per heavy atom. The first kappa shape index (κ1) is 40.4. The maximum absolute atomic E-state index is 9.59. The molecule has 0 aliphatic carbocycles. The number of benzene rings is 18. The lowest BCUT2D eigenvalue weighted by molar-refractivity contribution is 0.668. The smallest absolute Gasteiger partial charge is 0.136 e. The Morgan fingerprint density at radius 1 is 0.180 bits per heavy atom. The summed E-state index contributed by atoms with van der Waals surface area (Å²) in [6.45, 7) is 0. The molecule has 100 heavy (non-hydrogen) atoms. The first-order chi connectivity index (χ1) is 58.4. The van der Waals surface area contributed by atoms with Crippen LogP contribution in [-0.4, -0.2) is 0 Å². The molecule has 0 saturated carbocycles. The molecule has 18 aromatic carbocycles. The molecule has 2 nitrogen and oxygen atoms in total. The SMILES string of the molecule is [2H]c1c([2H])c([2H])c(-c2c3c([2H])c([2H])c([2H])c([2H])c3c(-c3cccc(-c4cccc5oc6ccc(-c7ccccc7)cc6c45)c3)c3c([2H])c([2H])c([2H])c([2H])c23)c([2H])c1[2H].[2H]c1c([2H])c([2H])c2c(-c3cccc4ccccc34)c3c([2H])c([2H])c([2H])c([2H])c3c(-c3cccc(-c4c(-c5ccccc5-c5ccccc5)ccc5oc6ccccc6c45)c3)c2c1[2H]. The van der Waals surface area contributed by atoms with Gasteiger partial charge in [-0.15, -0.1) is 0 Å². The molecule has 20 rings (SSSR count). The topological polar surface area (TPSA) is 26.3 Å². The lowest BCUT2D eigenvalue weighted by atomic mass is 9.83. The van der Waals surface area contributed by atoms with Crippen LogP contribution in [0.3, 0.4) is 0 Å². The summed E-state index contributed by atoms with van der Waals surface area (Å²) in [6.07, 6.45) is 0. The lowest BCUT2D eigenvalue weighted by Crippen LogP contribution is -1.93. The van der Waals surface area contributed by atoms with Crippen molar-refractivity contribution < 1.29 is 37.6 Å². The van der Waals surface area contributed by atoms with E-state index in [0.29, 0.717) is 50.1 Å². The van der Waals surface area contributed by atoms with Gasteiger partial charge in [-0.2, -0.15) is 0 Å². The molecule has 0 atom stereocenters. The Hall–Kier alpha value is -13.1. The zero-order chi connectivity index (χ0) is 84.3. The van der Waals surface area contributed by atoms with Crippen molar-refractivity contribution in [2.75, 3.05) is 0 Å². The Bertz CT molecular complexity index is 7720. The van der Waals surface area contributed by atoms with E-state index in [1.165, 1.54) is 0 Å². The molecule has 0 spiro atoms. The van der Waals surface area contributed by atoms with Gasteiger partial charge in [-0.05, 0) is 197 Å². The minimum absolute atomic E-state index is 0.0672. The van der Waals surface area contributed by atoms with Crippen LogP contribution in [0.4, 0.5) is 0 Å². The first-order valence-electron chi connectivity index (χ1n) is 43.1. The number of hydrogen-bond acceptors (Lipinski definition) is 2. The summed E-state index contributed by atoms with van der Waals surface area (Å²) < 4.78 is 202. The molecule has 0 aliphatic rings. The van der Waals surface area contributed by atoms with Crippen LogP contribution in [0.25, 0.3) is 198 Å². The third kappa shape index (κ3) is 9.87. The maximum Gasteiger partial charge on any atom is 0.136 e. The van der Waals surface area contributed by atoms with Crippen LogP contribution < -0.4 is 0 Å². The standard InChI is InChI=1S/C54H34O.C44H28O/c1-2-16-35(17-3-1)39-22-6-7-24-41(39)47-32-33-50-54(48-29-12-13-31-49(48)55-50)52(47)38-21-14-20-37(34-38)51-43-25-8-10-27-45(43)53(46-28-11-9-26-44(46)51)42-30-15-19-36-18-4-5-23-40(36)42;1-3-13-29(14-4-1)31-25-26-40-39(28-31)44-34(23-12-24-41(44)45-40)32-17-11-18-33(27-32)43-37-21-9-7-19-35(37)42(30-15-5-2-6-16-30)36-20-8-10-22-38(36)43/h1-34H;1-28H/i8D,9D,10D,11D,25D,26D,27D,28D;2D,5D,6D,7D,8D,9D,10D,15D,16D,19D,20D,21D,22D. The molecule has 466 valence electrons. The highest BCUT2D eigenvalue weighted by Gasteiger charge is 2.24. The van der Waals surface area contributed by atoms with Crippen LogP contribution >= 0.6 is 0 Å². The number of rotatable bonds is 9. The number of para-hydroxylation sites is 1. The van der Waals surface area contributed by atoms with Crippen LogP contribution in [0.5, 0.6) is 0 Å². The van der Waals surface area contributed by atoms with Crippen LogP contribution in [0.2, 0.25) is 0 Å².